The van der Waals surface area contributed by atoms with Gasteiger partial charge in [0.05, 0.1) is 6.20 Å². The summed E-state index contributed by atoms with van der Waals surface area (Å²) in [7, 11) is 0. The molecule has 21 heavy (non-hydrogen) atoms. The Morgan fingerprint density at radius 2 is 2.14 bits per heavy atom. The number of nitrogens with zero attached hydrogens (tertiary/aromatic N) is 1. The third-order valence-electron chi connectivity index (χ3n) is 3.42. The van der Waals surface area contributed by atoms with E-state index in [4.69, 9.17) is 0 Å². The predicted molar refractivity (Wildman–Crippen MR) is 84.5 cm³/mol. The van der Waals surface area contributed by atoms with E-state index in [1.165, 1.54) is 0 Å². The molecule has 1 aromatic heterocycles. The van der Waals surface area contributed by atoms with Gasteiger partial charge in [-0.2, -0.15) is 5.10 Å². The fourth-order valence-electron chi connectivity index (χ4n) is 2.12. The first-order chi connectivity index (χ1) is 10.1. The molecule has 2 rings (SSSR count). The second kappa shape index (κ2) is 6.92. The molecule has 0 unspecified atom stereocenters. The normalized spacial score (nSPS) is 10.4. The van der Waals surface area contributed by atoms with E-state index < -0.39 is 0 Å². The van der Waals surface area contributed by atoms with Gasteiger partial charge in [-0.3, -0.25) is 9.89 Å². The van der Waals surface area contributed by atoms with E-state index in [1.54, 1.807) is 6.20 Å². The van der Waals surface area contributed by atoms with Crippen molar-refractivity contribution < 1.29 is 4.79 Å². The molecule has 0 saturated carbocycles. The SMILES string of the molecule is CCCNc1ccc(C(=O)NCc2cn[nH]c2C)c(C)c1. The van der Waals surface area contributed by atoms with Crippen LogP contribution in [0.5, 0.6) is 0 Å². The van der Waals surface area contributed by atoms with Gasteiger partial charge in [-0.25, -0.2) is 0 Å². The Morgan fingerprint density at radius 1 is 1.33 bits per heavy atom. The van der Waals surface area contributed by atoms with Crippen LogP contribution in [0.25, 0.3) is 0 Å². The molecule has 5 nitrogen and oxygen atoms in total. The number of carbonyl (C=O) groups excluding carboxylic acids is 1. The highest BCUT2D eigenvalue weighted by molar-refractivity contribution is 5.96. The van der Waals surface area contributed by atoms with Crippen molar-refractivity contribution in [2.75, 3.05) is 11.9 Å². The molecular weight excluding hydrogens is 264 g/mol. The number of aromatic amines is 1. The van der Waals surface area contributed by atoms with E-state index in [2.05, 4.69) is 27.8 Å². The third kappa shape index (κ3) is 3.84. The fourth-order valence-corrected chi connectivity index (χ4v) is 2.12. The standard InChI is InChI=1S/C16H22N4O/c1-4-7-17-14-5-6-15(11(2)8-14)16(21)18-9-13-10-19-20-12(13)3/h5-6,8,10,17H,4,7,9H2,1-3H3,(H,18,21)(H,19,20). The van der Waals surface area contributed by atoms with Crippen LogP contribution in [0.15, 0.2) is 24.4 Å². The van der Waals surface area contributed by atoms with Crippen LogP contribution in [0, 0.1) is 13.8 Å². The van der Waals surface area contributed by atoms with Crippen molar-refractivity contribution in [1.82, 2.24) is 15.5 Å². The van der Waals surface area contributed by atoms with Crippen LogP contribution >= 0.6 is 0 Å². The van der Waals surface area contributed by atoms with E-state index >= 15 is 0 Å². The molecule has 0 atom stereocenters. The van der Waals surface area contributed by atoms with Gasteiger partial charge < -0.3 is 10.6 Å². The van der Waals surface area contributed by atoms with Gasteiger partial charge in [0.1, 0.15) is 0 Å². The largest absolute Gasteiger partial charge is 0.385 e. The van der Waals surface area contributed by atoms with Gasteiger partial charge in [0, 0.05) is 35.6 Å². The Morgan fingerprint density at radius 3 is 2.76 bits per heavy atom. The number of anilines is 1. The Balaban J connectivity index is 2.00. The molecule has 3 N–H and O–H groups in total. The summed E-state index contributed by atoms with van der Waals surface area (Å²) in [4.78, 5) is 12.2. The van der Waals surface area contributed by atoms with Crippen molar-refractivity contribution in [2.24, 2.45) is 0 Å². The highest BCUT2D eigenvalue weighted by atomic mass is 16.1. The lowest BCUT2D eigenvalue weighted by molar-refractivity contribution is 0.0950. The number of H-pyrrole nitrogens is 1. The molecule has 1 aromatic carbocycles. The number of rotatable bonds is 6. The van der Waals surface area contributed by atoms with Crippen molar-refractivity contribution in [1.29, 1.82) is 0 Å². The summed E-state index contributed by atoms with van der Waals surface area (Å²) in [6.07, 6.45) is 2.81. The molecule has 112 valence electrons. The number of carbonyl (C=O) groups is 1. The summed E-state index contributed by atoms with van der Waals surface area (Å²) >= 11 is 0. The summed E-state index contributed by atoms with van der Waals surface area (Å²) in [6.45, 7) is 7.43. The lowest BCUT2D eigenvalue weighted by atomic mass is 10.1. The summed E-state index contributed by atoms with van der Waals surface area (Å²) in [5.41, 5.74) is 4.71. The number of aryl methyl sites for hydroxylation is 2. The van der Waals surface area contributed by atoms with Crippen molar-refractivity contribution in [2.45, 2.75) is 33.7 Å². The summed E-state index contributed by atoms with van der Waals surface area (Å²) in [5.74, 6) is -0.0601. The number of hydrogen-bond donors (Lipinski definition) is 3. The van der Waals surface area contributed by atoms with Gasteiger partial charge in [-0.1, -0.05) is 6.92 Å². The molecule has 0 aliphatic rings. The number of aromatic nitrogens is 2. The molecule has 5 heteroatoms. The van der Waals surface area contributed by atoms with E-state index in [0.29, 0.717) is 12.1 Å². The average molecular weight is 286 g/mol. The van der Waals surface area contributed by atoms with Crippen molar-refractivity contribution in [3.63, 3.8) is 0 Å². The van der Waals surface area contributed by atoms with Crippen LogP contribution in [0.3, 0.4) is 0 Å². The van der Waals surface area contributed by atoms with Gasteiger partial charge in [0.15, 0.2) is 0 Å². The zero-order valence-corrected chi connectivity index (χ0v) is 12.8. The Hall–Kier alpha value is -2.30. The zero-order chi connectivity index (χ0) is 15.2. The second-order valence-electron chi connectivity index (χ2n) is 5.16. The maximum atomic E-state index is 12.2. The first kappa shape index (κ1) is 15.1. The van der Waals surface area contributed by atoms with Crippen molar-refractivity contribution >= 4 is 11.6 Å². The van der Waals surface area contributed by atoms with Gasteiger partial charge in [-0.15, -0.1) is 0 Å². The molecule has 1 amide bonds. The molecule has 1 heterocycles. The van der Waals surface area contributed by atoms with Crippen LogP contribution in [0.1, 0.15) is 40.5 Å². The van der Waals surface area contributed by atoms with Gasteiger partial charge in [0.25, 0.3) is 5.91 Å². The average Bonchev–Trinajstić information content (AvgIpc) is 2.88. The van der Waals surface area contributed by atoms with Crippen molar-refractivity contribution in [3.05, 3.63) is 46.8 Å². The van der Waals surface area contributed by atoms with E-state index in [0.717, 1.165) is 35.5 Å². The second-order valence-corrected chi connectivity index (χ2v) is 5.16. The first-order valence-corrected chi connectivity index (χ1v) is 7.23. The molecule has 0 aliphatic heterocycles. The molecule has 0 bridgehead atoms. The highest BCUT2D eigenvalue weighted by Crippen LogP contribution is 2.15. The minimum absolute atomic E-state index is 0.0601. The van der Waals surface area contributed by atoms with Gasteiger partial charge in [0.2, 0.25) is 0 Å². The minimum Gasteiger partial charge on any atom is -0.385 e. The summed E-state index contributed by atoms with van der Waals surface area (Å²) in [6, 6.07) is 5.82. The van der Waals surface area contributed by atoms with Crippen LogP contribution in [-0.4, -0.2) is 22.6 Å². The molecule has 0 spiro atoms. The van der Waals surface area contributed by atoms with E-state index in [-0.39, 0.29) is 5.91 Å². The number of hydrogen-bond acceptors (Lipinski definition) is 3. The smallest absolute Gasteiger partial charge is 0.251 e. The monoisotopic (exact) mass is 286 g/mol. The number of benzene rings is 1. The molecule has 2 aromatic rings. The fraction of sp³-hybridized carbons (Fsp3) is 0.375. The third-order valence-corrected chi connectivity index (χ3v) is 3.42. The maximum Gasteiger partial charge on any atom is 0.251 e. The lowest BCUT2D eigenvalue weighted by Gasteiger charge is -2.10. The number of amides is 1. The molecule has 0 aliphatic carbocycles. The van der Waals surface area contributed by atoms with Crippen LogP contribution in [0.4, 0.5) is 5.69 Å². The van der Waals surface area contributed by atoms with Crippen LogP contribution < -0.4 is 10.6 Å². The molecule has 0 saturated heterocycles. The minimum atomic E-state index is -0.0601. The Bertz CT molecular complexity index is 618. The summed E-state index contributed by atoms with van der Waals surface area (Å²) < 4.78 is 0. The quantitative estimate of drug-likeness (QED) is 0.764. The van der Waals surface area contributed by atoms with Crippen LogP contribution in [-0.2, 0) is 6.54 Å². The van der Waals surface area contributed by atoms with Gasteiger partial charge in [-0.05, 0) is 44.0 Å². The van der Waals surface area contributed by atoms with E-state index in [9.17, 15) is 4.79 Å². The zero-order valence-electron chi connectivity index (χ0n) is 12.8. The van der Waals surface area contributed by atoms with Crippen molar-refractivity contribution in [3.8, 4) is 0 Å². The first-order valence-electron chi connectivity index (χ1n) is 7.23. The number of nitrogens with one attached hydrogen (secondary N) is 3. The van der Waals surface area contributed by atoms with Gasteiger partial charge >= 0.3 is 0 Å². The highest BCUT2D eigenvalue weighted by Gasteiger charge is 2.10. The van der Waals surface area contributed by atoms with E-state index in [1.807, 2.05) is 32.0 Å². The molecular formula is C16H22N4O. The Kier molecular flexibility index (Phi) is 4.98. The summed E-state index contributed by atoms with van der Waals surface area (Å²) in [5, 5.41) is 13.1. The predicted octanol–water partition coefficient (Wildman–Crippen LogP) is 2.78. The lowest BCUT2D eigenvalue weighted by Crippen LogP contribution is -2.23. The molecule has 0 fully saturated rings. The Labute approximate surface area is 125 Å². The maximum absolute atomic E-state index is 12.2. The molecule has 0 radical (unpaired) electrons. The van der Waals surface area contributed by atoms with Crippen LogP contribution in [0.2, 0.25) is 0 Å². The topological polar surface area (TPSA) is 69.8 Å².